The Kier molecular flexibility index (Phi) is 3.22. The molecule has 4 heteroatoms. The zero-order chi connectivity index (χ0) is 11.6. The van der Waals surface area contributed by atoms with E-state index >= 15 is 0 Å². The quantitative estimate of drug-likeness (QED) is 0.578. The Bertz CT molecular complexity index is 250. The van der Waals surface area contributed by atoms with Crippen LogP contribution in [0.5, 0.6) is 0 Å². The second-order valence-electron chi connectivity index (χ2n) is 5.34. The van der Waals surface area contributed by atoms with Gasteiger partial charge in [0.1, 0.15) is 6.79 Å². The lowest BCUT2D eigenvalue weighted by Gasteiger charge is -2.51. The fourth-order valence-corrected chi connectivity index (χ4v) is 3.14. The highest BCUT2D eigenvalue weighted by atomic mass is 16.7. The number of ether oxygens (including phenoxy) is 2. The van der Waals surface area contributed by atoms with E-state index in [4.69, 9.17) is 9.47 Å². The molecule has 3 aliphatic carbocycles. The molecule has 92 valence electrons. The van der Waals surface area contributed by atoms with Crippen molar-refractivity contribution in [2.45, 2.75) is 38.5 Å². The summed E-state index contributed by atoms with van der Waals surface area (Å²) in [4.78, 5) is 11.2. The van der Waals surface area contributed by atoms with Crippen molar-refractivity contribution in [3.05, 3.63) is 0 Å². The second kappa shape index (κ2) is 4.34. The molecule has 0 spiro atoms. The maximum absolute atomic E-state index is 11.2. The lowest BCUT2D eigenvalue weighted by Crippen LogP contribution is -2.47. The first-order valence-electron chi connectivity index (χ1n) is 5.93. The van der Waals surface area contributed by atoms with E-state index in [9.17, 15) is 9.90 Å². The first-order chi connectivity index (χ1) is 7.63. The van der Waals surface area contributed by atoms with Gasteiger partial charge in [-0.05, 0) is 43.9 Å². The van der Waals surface area contributed by atoms with E-state index in [0.29, 0.717) is 6.79 Å². The van der Waals surface area contributed by atoms with Crippen LogP contribution in [0, 0.1) is 10.8 Å². The molecule has 3 saturated carbocycles. The Balaban J connectivity index is 1.92. The number of methoxy groups -OCH3 is 1. The number of carboxylic acids is 1. The smallest absolute Gasteiger partial charge is 0.309 e. The van der Waals surface area contributed by atoms with Gasteiger partial charge < -0.3 is 14.6 Å². The van der Waals surface area contributed by atoms with Crippen molar-refractivity contribution in [2.75, 3.05) is 20.5 Å². The monoisotopic (exact) mass is 228 g/mol. The molecular weight excluding hydrogens is 208 g/mol. The van der Waals surface area contributed by atoms with Gasteiger partial charge in [-0.1, -0.05) is 0 Å². The second-order valence-corrected chi connectivity index (χ2v) is 5.34. The largest absolute Gasteiger partial charge is 0.481 e. The van der Waals surface area contributed by atoms with Crippen LogP contribution in [-0.2, 0) is 14.3 Å². The van der Waals surface area contributed by atoms with E-state index in [-0.39, 0.29) is 5.41 Å². The molecule has 3 aliphatic rings. The minimum atomic E-state index is -0.599. The van der Waals surface area contributed by atoms with Crippen LogP contribution < -0.4 is 0 Å². The number of hydrogen-bond donors (Lipinski definition) is 1. The van der Waals surface area contributed by atoms with E-state index in [0.717, 1.165) is 45.1 Å². The number of carbonyl (C=O) groups is 1. The fraction of sp³-hybridized carbons (Fsp3) is 0.917. The normalized spacial score (nSPS) is 37.6. The summed E-state index contributed by atoms with van der Waals surface area (Å²) in [5.41, 5.74) is -0.182. The first-order valence-corrected chi connectivity index (χ1v) is 5.93. The molecule has 0 aromatic rings. The highest BCUT2D eigenvalue weighted by Gasteiger charge is 2.52. The van der Waals surface area contributed by atoms with Crippen molar-refractivity contribution in [3.63, 3.8) is 0 Å². The summed E-state index contributed by atoms with van der Waals surface area (Å²) in [5.74, 6) is -0.599. The topological polar surface area (TPSA) is 55.8 Å². The maximum atomic E-state index is 11.2. The molecule has 0 unspecified atom stereocenters. The molecule has 16 heavy (non-hydrogen) atoms. The molecule has 3 rings (SSSR count). The molecule has 0 saturated heterocycles. The predicted octanol–water partition coefficient (Wildman–Crippen LogP) is 2.03. The molecule has 0 atom stereocenters. The molecule has 0 heterocycles. The van der Waals surface area contributed by atoms with Crippen LogP contribution in [0.1, 0.15) is 38.5 Å². The van der Waals surface area contributed by atoms with E-state index < -0.39 is 11.4 Å². The highest BCUT2D eigenvalue weighted by Crippen LogP contribution is 2.56. The van der Waals surface area contributed by atoms with Crippen molar-refractivity contribution in [2.24, 2.45) is 10.8 Å². The van der Waals surface area contributed by atoms with Gasteiger partial charge in [0.15, 0.2) is 0 Å². The SMILES string of the molecule is COCOCC12CCC(C(=O)O)(CC1)CC2. The van der Waals surface area contributed by atoms with Crippen molar-refractivity contribution >= 4 is 5.97 Å². The van der Waals surface area contributed by atoms with Gasteiger partial charge in [0, 0.05) is 7.11 Å². The number of carboxylic acid groups (broad SMARTS) is 1. The fourth-order valence-electron chi connectivity index (χ4n) is 3.14. The molecule has 0 amide bonds. The summed E-state index contributed by atoms with van der Waals surface area (Å²) in [6, 6.07) is 0. The summed E-state index contributed by atoms with van der Waals surface area (Å²) < 4.78 is 10.3. The molecule has 1 N–H and O–H groups in total. The molecule has 0 radical (unpaired) electrons. The van der Waals surface area contributed by atoms with Crippen LogP contribution in [0.15, 0.2) is 0 Å². The minimum Gasteiger partial charge on any atom is -0.481 e. The number of rotatable bonds is 5. The van der Waals surface area contributed by atoms with Gasteiger partial charge in [-0.15, -0.1) is 0 Å². The van der Waals surface area contributed by atoms with Crippen molar-refractivity contribution < 1.29 is 19.4 Å². The van der Waals surface area contributed by atoms with Crippen LogP contribution in [0.4, 0.5) is 0 Å². The van der Waals surface area contributed by atoms with Crippen LogP contribution >= 0.6 is 0 Å². The third kappa shape index (κ3) is 1.96. The molecule has 0 aliphatic heterocycles. The summed E-state index contributed by atoms with van der Waals surface area (Å²) in [5, 5.41) is 9.26. The predicted molar refractivity (Wildman–Crippen MR) is 58.0 cm³/mol. The van der Waals surface area contributed by atoms with Crippen molar-refractivity contribution in [1.29, 1.82) is 0 Å². The number of hydrogen-bond acceptors (Lipinski definition) is 3. The highest BCUT2D eigenvalue weighted by molar-refractivity contribution is 5.75. The Morgan fingerprint density at radius 1 is 1.19 bits per heavy atom. The Labute approximate surface area is 95.9 Å². The Morgan fingerprint density at radius 2 is 1.75 bits per heavy atom. The van der Waals surface area contributed by atoms with Crippen molar-refractivity contribution in [1.82, 2.24) is 0 Å². The van der Waals surface area contributed by atoms with Crippen LogP contribution in [0.2, 0.25) is 0 Å². The minimum absolute atomic E-state index is 0.232. The van der Waals surface area contributed by atoms with Gasteiger partial charge in [0.05, 0.1) is 12.0 Å². The van der Waals surface area contributed by atoms with Gasteiger partial charge in [-0.2, -0.15) is 0 Å². The standard InChI is InChI=1S/C12H20O4/c1-15-9-16-8-11-2-5-12(6-3-11,7-4-11)10(13)14/h2-9H2,1H3,(H,13,14). The molecule has 4 nitrogen and oxygen atoms in total. The molecule has 0 aromatic heterocycles. The van der Waals surface area contributed by atoms with Gasteiger partial charge in [0.2, 0.25) is 0 Å². The van der Waals surface area contributed by atoms with Gasteiger partial charge in [-0.25, -0.2) is 0 Å². The summed E-state index contributed by atoms with van der Waals surface area (Å²) in [6.45, 7) is 1.06. The van der Waals surface area contributed by atoms with Crippen LogP contribution in [0.3, 0.4) is 0 Å². The van der Waals surface area contributed by atoms with Gasteiger partial charge in [-0.3, -0.25) is 4.79 Å². The zero-order valence-electron chi connectivity index (χ0n) is 9.83. The molecule has 0 aromatic carbocycles. The number of fused-ring (bicyclic) bond motifs is 3. The van der Waals surface area contributed by atoms with Crippen LogP contribution in [-0.4, -0.2) is 31.6 Å². The summed E-state index contributed by atoms with van der Waals surface area (Å²) >= 11 is 0. The Morgan fingerprint density at radius 3 is 2.19 bits per heavy atom. The first kappa shape index (κ1) is 11.9. The van der Waals surface area contributed by atoms with E-state index in [1.54, 1.807) is 7.11 Å². The van der Waals surface area contributed by atoms with E-state index in [2.05, 4.69) is 0 Å². The summed E-state index contributed by atoms with van der Waals surface area (Å²) in [7, 11) is 1.62. The lowest BCUT2D eigenvalue weighted by atomic mass is 9.54. The van der Waals surface area contributed by atoms with Crippen molar-refractivity contribution in [3.8, 4) is 0 Å². The van der Waals surface area contributed by atoms with Gasteiger partial charge in [0.25, 0.3) is 0 Å². The molecule has 2 bridgehead atoms. The average Bonchev–Trinajstić information content (AvgIpc) is 2.31. The third-order valence-electron chi connectivity index (χ3n) is 4.46. The number of aliphatic carboxylic acids is 1. The third-order valence-corrected chi connectivity index (χ3v) is 4.46. The maximum Gasteiger partial charge on any atom is 0.309 e. The van der Waals surface area contributed by atoms with Crippen LogP contribution in [0.25, 0.3) is 0 Å². The summed E-state index contributed by atoms with van der Waals surface area (Å²) in [6.07, 6.45) is 5.42. The molecular formula is C12H20O4. The lowest BCUT2D eigenvalue weighted by molar-refractivity contribution is -0.164. The molecule has 3 fully saturated rings. The Hall–Kier alpha value is -0.610. The zero-order valence-corrected chi connectivity index (χ0v) is 9.83. The van der Waals surface area contributed by atoms with E-state index in [1.165, 1.54) is 0 Å². The average molecular weight is 228 g/mol. The van der Waals surface area contributed by atoms with Gasteiger partial charge >= 0.3 is 5.97 Å². The van der Waals surface area contributed by atoms with E-state index in [1.807, 2.05) is 0 Å².